The van der Waals surface area contributed by atoms with Crippen LogP contribution in [0.25, 0.3) is 0 Å². The van der Waals surface area contributed by atoms with E-state index in [9.17, 15) is 9.59 Å². The van der Waals surface area contributed by atoms with E-state index < -0.39 is 5.91 Å². The average molecular weight is 328 g/mol. The standard InChI is InChI=1S/C18H20N2O4/c1-3-11-24-15-10-9-14(12-16(15)23-2)18(22)20-19-17(21)13-7-5-4-6-8-13/h4-10,12H,3,11H2,1-2H3,(H,19,21)(H,20,22). The number of amides is 2. The molecule has 2 aromatic rings. The molecule has 2 amide bonds. The van der Waals surface area contributed by atoms with Gasteiger partial charge in [0.15, 0.2) is 11.5 Å². The van der Waals surface area contributed by atoms with Gasteiger partial charge in [-0.1, -0.05) is 25.1 Å². The van der Waals surface area contributed by atoms with Crippen LogP contribution in [0.5, 0.6) is 11.5 Å². The molecule has 0 unspecified atom stereocenters. The Hall–Kier alpha value is -3.02. The number of rotatable bonds is 6. The summed E-state index contributed by atoms with van der Waals surface area (Å²) in [7, 11) is 1.51. The van der Waals surface area contributed by atoms with Crippen molar-refractivity contribution in [2.45, 2.75) is 13.3 Å². The summed E-state index contributed by atoms with van der Waals surface area (Å²) in [6.07, 6.45) is 0.872. The molecule has 0 bridgehead atoms. The van der Waals surface area contributed by atoms with E-state index in [-0.39, 0.29) is 5.91 Å². The first-order chi connectivity index (χ1) is 11.7. The maximum atomic E-state index is 12.2. The lowest BCUT2D eigenvalue weighted by atomic mass is 10.2. The number of benzene rings is 2. The zero-order valence-electron chi connectivity index (χ0n) is 13.7. The first-order valence-electron chi connectivity index (χ1n) is 7.62. The predicted octanol–water partition coefficient (Wildman–Crippen LogP) is 2.56. The smallest absolute Gasteiger partial charge is 0.269 e. The van der Waals surface area contributed by atoms with Crippen LogP contribution in [0.1, 0.15) is 34.1 Å². The highest BCUT2D eigenvalue weighted by molar-refractivity contribution is 5.99. The minimum atomic E-state index is -0.445. The van der Waals surface area contributed by atoms with Gasteiger partial charge in [0.05, 0.1) is 13.7 Å². The number of hydrogen-bond acceptors (Lipinski definition) is 4. The highest BCUT2D eigenvalue weighted by Gasteiger charge is 2.12. The van der Waals surface area contributed by atoms with E-state index in [1.807, 2.05) is 13.0 Å². The lowest BCUT2D eigenvalue weighted by Gasteiger charge is -2.12. The summed E-state index contributed by atoms with van der Waals surface area (Å²) in [5, 5.41) is 0. The van der Waals surface area contributed by atoms with Gasteiger partial charge in [-0.25, -0.2) is 0 Å². The quantitative estimate of drug-likeness (QED) is 0.799. The Morgan fingerprint density at radius 2 is 1.58 bits per heavy atom. The second-order valence-electron chi connectivity index (χ2n) is 4.99. The summed E-state index contributed by atoms with van der Waals surface area (Å²) in [5.41, 5.74) is 5.56. The van der Waals surface area contributed by atoms with Crippen molar-refractivity contribution in [2.75, 3.05) is 13.7 Å². The van der Waals surface area contributed by atoms with Crippen LogP contribution in [-0.4, -0.2) is 25.5 Å². The maximum Gasteiger partial charge on any atom is 0.269 e. The SMILES string of the molecule is CCCOc1ccc(C(=O)NNC(=O)c2ccccc2)cc1OC. The van der Waals surface area contributed by atoms with Gasteiger partial charge in [-0.05, 0) is 36.8 Å². The van der Waals surface area contributed by atoms with Crippen molar-refractivity contribution < 1.29 is 19.1 Å². The lowest BCUT2D eigenvalue weighted by Crippen LogP contribution is -2.41. The van der Waals surface area contributed by atoms with Crippen molar-refractivity contribution in [2.24, 2.45) is 0 Å². The van der Waals surface area contributed by atoms with Crippen LogP contribution in [0.3, 0.4) is 0 Å². The van der Waals surface area contributed by atoms with Crippen molar-refractivity contribution in [1.29, 1.82) is 0 Å². The van der Waals surface area contributed by atoms with E-state index in [0.717, 1.165) is 6.42 Å². The zero-order chi connectivity index (χ0) is 17.4. The van der Waals surface area contributed by atoms with Crippen molar-refractivity contribution >= 4 is 11.8 Å². The van der Waals surface area contributed by atoms with Crippen LogP contribution in [0, 0.1) is 0 Å². The van der Waals surface area contributed by atoms with Gasteiger partial charge in [0, 0.05) is 11.1 Å². The summed E-state index contributed by atoms with van der Waals surface area (Å²) >= 11 is 0. The van der Waals surface area contributed by atoms with E-state index in [0.29, 0.717) is 29.2 Å². The number of hydrogen-bond donors (Lipinski definition) is 2. The predicted molar refractivity (Wildman–Crippen MR) is 90.2 cm³/mol. The molecular weight excluding hydrogens is 308 g/mol. The molecule has 0 aliphatic carbocycles. The number of hydrazine groups is 1. The second-order valence-corrected chi connectivity index (χ2v) is 4.99. The number of carbonyl (C=O) groups excluding carboxylic acids is 2. The van der Waals surface area contributed by atoms with E-state index >= 15 is 0 Å². The molecule has 126 valence electrons. The van der Waals surface area contributed by atoms with Gasteiger partial charge >= 0.3 is 0 Å². The van der Waals surface area contributed by atoms with Gasteiger partial charge in [0.2, 0.25) is 0 Å². The summed E-state index contributed by atoms with van der Waals surface area (Å²) in [5.74, 6) is 0.202. The van der Waals surface area contributed by atoms with Crippen LogP contribution < -0.4 is 20.3 Å². The molecular formula is C18H20N2O4. The molecule has 0 saturated heterocycles. The van der Waals surface area contributed by atoms with Crippen LogP contribution >= 0.6 is 0 Å². The fourth-order valence-corrected chi connectivity index (χ4v) is 1.99. The number of methoxy groups -OCH3 is 1. The summed E-state index contributed by atoms with van der Waals surface area (Å²) in [6, 6.07) is 13.5. The van der Waals surface area contributed by atoms with Crippen molar-refractivity contribution in [1.82, 2.24) is 10.9 Å². The Bertz CT molecular complexity index is 701. The molecule has 0 fully saturated rings. The number of ether oxygens (including phenoxy) is 2. The second kappa shape index (κ2) is 8.57. The average Bonchev–Trinajstić information content (AvgIpc) is 2.64. The molecule has 0 radical (unpaired) electrons. The molecule has 6 heteroatoms. The van der Waals surface area contributed by atoms with Crippen LogP contribution in [-0.2, 0) is 0 Å². The van der Waals surface area contributed by atoms with E-state index in [2.05, 4.69) is 10.9 Å². The fourth-order valence-electron chi connectivity index (χ4n) is 1.99. The van der Waals surface area contributed by atoms with Crippen molar-refractivity contribution in [3.8, 4) is 11.5 Å². The molecule has 24 heavy (non-hydrogen) atoms. The first kappa shape index (κ1) is 17.3. The molecule has 6 nitrogen and oxygen atoms in total. The van der Waals surface area contributed by atoms with Gasteiger partial charge in [0.1, 0.15) is 0 Å². The van der Waals surface area contributed by atoms with Gasteiger partial charge in [-0.3, -0.25) is 20.4 Å². The zero-order valence-corrected chi connectivity index (χ0v) is 13.7. The lowest BCUT2D eigenvalue weighted by molar-refractivity contribution is 0.0846. The Balaban J connectivity index is 2.00. The third kappa shape index (κ3) is 4.49. The first-order valence-corrected chi connectivity index (χ1v) is 7.62. The molecule has 2 aromatic carbocycles. The Morgan fingerprint density at radius 3 is 2.21 bits per heavy atom. The molecule has 0 aliphatic rings. The normalized spacial score (nSPS) is 9.92. The Labute approximate surface area is 140 Å². The van der Waals surface area contributed by atoms with Crippen LogP contribution in [0.4, 0.5) is 0 Å². The molecule has 0 saturated carbocycles. The largest absolute Gasteiger partial charge is 0.493 e. The van der Waals surface area contributed by atoms with Gasteiger partial charge in [-0.15, -0.1) is 0 Å². The summed E-state index contributed by atoms with van der Waals surface area (Å²) in [6.45, 7) is 2.57. The third-order valence-electron chi connectivity index (χ3n) is 3.21. The topological polar surface area (TPSA) is 76.7 Å². The highest BCUT2D eigenvalue weighted by atomic mass is 16.5. The Kier molecular flexibility index (Phi) is 6.19. The van der Waals surface area contributed by atoms with Gasteiger partial charge < -0.3 is 9.47 Å². The van der Waals surface area contributed by atoms with Gasteiger partial charge in [-0.2, -0.15) is 0 Å². The molecule has 0 heterocycles. The number of carbonyl (C=O) groups is 2. The van der Waals surface area contributed by atoms with Gasteiger partial charge in [0.25, 0.3) is 11.8 Å². The highest BCUT2D eigenvalue weighted by Crippen LogP contribution is 2.28. The van der Waals surface area contributed by atoms with Crippen LogP contribution in [0.2, 0.25) is 0 Å². The van der Waals surface area contributed by atoms with Crippen molar-refractivity contribution in [3.05, 3.63) is 59.7 Å². The van der Waals surface area contributed by atoms with E-state index in [4.69, 9.17) is 9.47 Å². The summed E-state index contributed by atoms with van der Waals surface area (Å²) < 4.78 is 10.8. The molecule has 0 aromatic heterocycles. The minimum Gasteiger partial charge on any atom is -0.493 e. The molecule has 0 spiro atoms. The molecule has 2 N–H and O–H groups in total. The summed E-state index contributed by atoms with van der Waals surface area (Å²) in [4.78, 5) is 24.1. The molecule has 0 atom stereocenters. The molecule has 0 aliphatic heterocycles. The van der Waals surface area contributed by atoms with E-state index in [1.165, 1.54) is 7.11 Å². The van der Waals surface area contributed by atoms with Crippen LogP contribution in [0.15, 0.2) is 48.5 Å². The van der Waals surface area contributed by atoms with E-state index in [1.54, 1.807) is 42.5 Å². The third-order valence-corrected chi connectivity index (χ3v) is 3.21. The number of nitrogens with one attached hydrogen (secondary N) is 2. The van der Waals surface area contributed by atoms with Crippen molar-refractivity contribution in [3.63, 3.8) is 0 Å². The fraction of sp³-hybridized carbons (Fsp3) is 0.222. The Morgan fingerprint density at radius 1 is 0.917 bits per heavy atom. The molecule has 2 rings (SSSR count). The monoisotopic (exact) mass is 328 g/mol. The maximum absolute atomic E-state index is 12.2. The minimum absolute atomic E-state index is 0.351.